The third kappa shape index (κ3) is 3.77. The van der Waals surface area contributed by atoms with Crippen LogP contribution in [0.1, 0.15) is 6.92 Å². The van der Waals surface area contributed by atoms with Crippen LogP contribution in [-0.4, -0.2) is 25.4 Å². The molecule has 0 amide bonds. The fourth-order valence-electron chi connectivity index (χ4n) is 0.359. The molecule has 0 heterocycles. The molecule has 0 rings (SSSR count). The lowest BCUT2D eigenvalue weighted by molar-refractivity contribution is -0.108. The first-order valence-electron chi connectivity index (χ1n) is 2.72. The van der Waals surface area contributed by atoms with E-state index in [9.17, 15) is 4.79 Å². The number of aldehydes is 1. The molecule has 0 saturated carbocycles. The molecule has 0 bridgehead atoms. The fraction of sp³-hybridized carbons (Fsp3) is 0.800. The highest BCUT2D eigenvalue weighted by atomic mass is 16.1. The van der Waals surface area contributed by atoms with Gasteiger partial charge in [0.2, 0.25) is 0 Å². The minimum absolute atomic E-state index is 0.338. The van der Waals surface area contributed by atoms with Crippen molar-refractivity contribution in [3.8, 4) is 0 Å². The van der Waals surface area contributed by atoms with Crippen LogP contribution in [0.5, 0.6) is 0 Å². The summed E-state index contributed by atoms with van der Waals surface area (Å²) in [4.78, 5) is 9.85. The summed E-state index contributed by atoms with van der Waals surface area (Å²) in [6.07, 6.45) is 0.739. The Bertz CT molecular complexity index is 65.4. The van der Waals surface area contributed by atoms with E-state index in [0.717, 1.165) is 12.8 Å². The van der Waals surface area contributed by atoms with Gasteiger partial charge in [-0.3, -0.25) is 0 Å². The van der Waals surface area contributed by atoms with E-state index in [4.69, 9.17) is 5.73 Å². The summed E-state index contributed by atoms with van der Waals surface area (Å²) in [5, 5.41) is 2.94. The third-order valence-electron chi connectivity index (χ3n) is 0.805. The Hall–Kier alpha value is -0.410. The van der Waals surface area contributed by atoms with Crippen LogP contribution in [0.3, 0.4) is 0 Å². The highest BCUT2D eigenvalue weighted by Gasteiger charge is 1.94. The SMILES string of the molecule is CCNC[C@H](N)C=O. The molecule has 3 heteroatoms. The van der Waals surface area contributed by atoms with Crippen molar-refractivity contribution in [1.29, 1.82) is 0 Å². The van der Waals surface area contributed by atoms with Gasteiger partial charge in [0.25, 0.3) is 0 Å². The zero-order chi connectivity index (χ0) is 6.41. The van der Waals surface area contributed by atoms with Crippen LogP contribution >= 0.6 is 0 Å². The van der Waals surface area contributed by atoms with Crippen LogP contribution in [0.15, 0.2) is 0 Å². The van der Waals surface area contributed by atoms with Gasteiger partial charge in [0, 0.05) is 6.54 Å². The van der Waals surface area contributed by atoms with Crippen LogP contribution in [0.2, 0.25) is 0 Å². The predicted molar refractivity (Wildman–Crippen MR) is 32.6 cm³/mol. The largest absolute Gasteiger partial charge is 0.321 e. The van der Waals surface area contributed by atoms with Gasteiger partial charge in [-0.1, -0.05) is 6.92 Å². The maximum atomic E-state index is 9.85. The van der Waals surface area contributed by atoms with Crippen molar-refractivity contribution in [2.24, 2.45) is 5.73 Å². The van der Waals surface area contributed by atoms with Crippen LogP contribution in [0.4, 0.5) is 0 Å². The molecule has 0 aromatic carbocycles. The molecular formula is C5H12N2O. The Morgan fingerprint density at radius 3 is 2.88 bits per heavy atom. The Balaban J connectivity index is 2.98. The van der Waals surface area contributed by atoms with Crippen molar-refractivity contribution in [2.75, 3.05) is 13.1 Å². The quantitative estimate of drug-likeness (QED) is 0.469. The molecule has 0 radical (unpaired) electrons. The molecule has 0 aromatic heterocycles. The number of likely N-dealkylation sites (N-methyl/N-ethyl adjacent to an activating group) is 1. The number of nitrogens with two attached hydrogens (primary N) is 1. The van der Waals surface area contributed by atoms with Crippen molar-refractivity contribution in [1.82, 2.24) is 5.32 Å². The average Bonchev–Trinajstić information content (AvgIpc) is 1.83. The van der Waals surface area contributed by atoms with Crippen molar-refractivity contribution < 1.29 is 4.79 Å². The topological polar surface area (TPSA) is 55.1 Å². The van der Waals surface area contributed by atoms with Crippen molar-refractivity contribution >= 4 is 6.29 Å². The number of carbonyl (C=O) groups is 1. The summed E-state index contributed by atoms with van der Waals surface area (Å²) in [7, 11) is 0. The van der Waals surface area contributed by atoms with E-state index in [1.807, 2.05) is 6.92 Å². The summed E-state index contributed by atoms with van der Waals surface area (Å²) in [6.45, 7) is 3.42. The van der Waals surface area contributed by atoms with Gasteiger partial charge in [-0.05, 0) is 6.54 Å². The van der Waals surface area contributed by atoms with Crippen molar-refractivity contribution in [3.63, 3.8) is 0 Å². The minimum Gasteiger partial charge on any atom is -0.321 e. The molecule has 1 atom stereocenters. The Morgan fingerprint density at radius 2 is 2.50 bits per heavy atom. The summed E-state index contributed by atoms with van der Waals surface area (Å²) in [5.74, 6) is 0. The highest BCUT2D eigenvalue weighted by molar-refractivity contribution is 5.57. The molecule has 0 spiro atoms. The van der Waals surface area contributed by atoms with Gasteiger partial charge >= 0.3 is 0 Å². The lowest BCUT2D eigenvalue weighted by Crippen LogP contribution is -2.34. The maximum Gasteiger partial charge on any atom is 0.137 e. The highest BCUT2D eigenvalue weighted by Crippen LogP contribution is 1.64. The van der Waals surface area contributed by atoms with Crippen LogP contribution in [0.25, 0.3) is 0 Å². The number of nitrogens with one attached hydrogen (secondary N) is 1. The summed E-state index contributed by atoms with van der Waals surface area (Å²) in [5.41, 5.74) is 5.23. The van der Waals surface area contributed by atoms with Gasteiger partial charge in [-0.15, -0.1) is 0 Å². The van der Waals surface area contributed by atoms with Crippen LogP contribution < -0.4 is 11.1 Å². The second-order valence-corrected chi connectivity index (χ2v) is 1.61. The summed E-state index contributed by atoms with van der Waals surface area (Å²) >= 11 is 0. The molecular weight excluding hydrogens is 104 g/mol. The number of hydrogen-bond donors (Lipinski definition) is 2. The third-order valence-corrected chi connectivity index (χ3v) is 0.805. The zero-order valence-electron chi connectivity index (χ0n) is 5.05. The van der Waals surface area contributed by atoms with Gasteiger partial charge < -0.3 is 15.8 Å². The van der Waals surface area contributed by atoms with E-state index in [1.54, 1.807) is 0 Å². The Labute approximate surface area is 49.3 Å². The molecule has 48 valence electrons. The Morgan fingerprint density at radius 1 is 1.88 bits per heavy atom. The second kappa shape index (κ2) is 4.74. The lowest BCUT2D eigenvalue weighted by atomic mass is 10.3. The van der Waals surface area contributed by atoms with Gasteiger partial charge in [0.1, 0.15) is 6.29 Å². The molecule has 0 aromatic rings. The second-order valence-electron chi connectivity index (χ2n) is 1.61. The van der Waals surface area contributed by atoms with E-state index < -0.39 is 0 Å². The molecule has 0 saturated heterocycles. The van der Waals surface area contributed by atoms with E-state index >= 15 is 0 Å². The number of hydrogen-bond acceptors (Lipinski definition) is 3. The number of rotatable bonds is 4. The zero-order valence-corrected chi connectivity index (χ0v) is 5.05. The lowest BCUT2D eigenvalue weighted by Gasteiger charge is -2.01. The van der Waals surface area contributed by atoms with E-state index in [2.05, 4.69) is 5.32 Å². The first-order valence-corrected chi connectivity index (χ1v) is 2.72. The van der Waals surface area contributed by atoms with Crippen molar-refractivity contribution in [2.45, 2.75) is 13.0 Å². The maximum absolute atomic E-state index is 9.85. The fourth-order valence-corrected chi connectivity index (χ4v) is 0.359. The van der Waals surface area contributed by atoms with Crippen LogP contribution in [-0.2, 0) is 4.79 Å². The molecule has 3 N–H and O–H groups in total. The van der Waals surface area contributed by atoms with Gasteiger partial charge in [-0.2, -0.15) is 0 Å². The molecule has 0 aliphatic rings. The van der Waals surface area contributed by atoms with Gasteiger partial charge in [-0.25, -0.2) is 0 Å². The number of carbonyl (C=O) groups excluding carboxylic acids is 1. The van der Waals surface area contributed by atoms with E-state index in [-0.39, 0.29) is 6.04 Å². The molecule has 0 aliphatic heterocycles. The van der Waals surface area contributed by atoms with E-state index in [0.29, 0.717) is 6.54 Å². The molecule has 3 nitrogen and oxygen atoms in total. The van der Waals surface area contributed by atoms with Crippen LogP contribution in [0, 0.1) is 0 Å². The minimum atomic E-state index is -0.338. The van der Waals surface area contributed by atoms with Gasteiger partial charge in [0.05, 0.1) is 6.04 Å². The first kappa shape index (κ1) is 7.59. The first-order chi connectivity index (χ1) is 3.81. The Kier molecular flexibility index (Phi) is 4.50. The predicted octanol–water partition coefficient (Wildman–Crippen LogP) is -0.878. The van der Waals surface area contributed by atoms with Crippen molar-refractivity contribution in [3.05, 3.63) is 0 Å². The standard InChI is InChI=1S/C5H12N2O/c1-2-7-3-5(6)4-8/h4-5,7H,2-3,6H2,1H3/t5-/m0/s1. The van der Waals surface area contributed by atoms with E-state index in [1.165, 1.54) is 0 Å². The van der Waals surface area contributed by atoms with Gasteiger partial charge in [0.15, 0.2) is 0 Å². The molecule has 8 heavy (non-hydrogen) atoms. The molecule has 0 unspecified atom stereocenters. The molecule has 0 aliphatic carbocycles. The summed E-state index contributed by atoms with van der Waals surface area (Å²) < 4.78 is 0. The average molecular weight is 116 g/mol. The normalized spacial score (nSPS) is 13.2. The monoisotopic (exact) mass is 116 g/mol. The molecule has 0 fully saturated rings. The smallest absolute Gasteiger partial charge is 0.137 e. The summed E-state index contributed by atoms with van der Waals surface area (Å²) in [6, 6.07) is -0.338.